The largest absolute Gasteiger partial charge is 0.585 e. The van der Waals surface area contributed by atoms with Crippen LogP contribution in [0, 0.1) is 5.92 Å². The molecule has 0 saturated carbocycles. The van der Waals surface area contributed by atoms with Gasteiger partial charge in [0.2, 0.25) is 0 Å². The van der Waals surface area contributed by atoms with Gasteiger partial charge in [-0.3, -0.25) is 0 Å². The lowest BCUT2D eigenvalue weighted by atomic mass is 10.0. The van der Waals surface area contributed by atoms with Gasteiger partial charge >= 0.3 is 6.29 Å². The van der Waals surface area contributed by atoms with Crippen LogP contribution >= 0.6 is 0 Å². The topological polar surface area (TPSA) is 18.5 Å². The van der Waals surface area contributed by atoms with Gasteiger partial charge in [0.1, 0.15) is 5.76 Å². The number of hydrogen-bond donors (Lipinski definition) is 0. The molecule has 66 valence electrons. The maximum absolute atomic E-state index is 12.5. The van der Waals surface area contributed by atoms with Crippen molar-refractivity contribution < 1.29 is 18.3 Å². The number of allylic oxidation sites excluding steroid dienone is 3. The molecule has 0 aromatic carbocycles. The standard InChI is InChI=1S/C8H8F2O2/c1-5-2-3-6-7(4-5)12-8(9,10)11-6/h2-3,5H,4H2,1H3. The number of halogens is 2. The van der Waals surface area contributed by atoms with E-state index in [4.69, 9.17) is 0 Å². The van der Waals surface area contributed by atoms with Gasteiger partial charge in [-0.2, -0.15) is 0 Å². The van der Waals surface area contributed by atoms with Crippen molar-refractivity contribution in [2.75, 3.05) is 0 Å². The molecule has 2 rings (SSSR count). The number of ether oxygens (including phenoxy) is 2. The Labute approximate surface area is 68.5 Å². The summed E-state index contributed by atoms with van der Waals surface area (Å²) in [5.74, 6) is 0.661. The first-order valence-electron chi connectivity index (χ1n) is 3.74. The summed E-state index contributed by atoms with van der Waals surface area (Å²) in [4.78, 5) is 0. The predicted octanol–water partition coefficient (Wildman–Crippen LogP) is 2.39. The highest BCUT2D eigenvalue weighted by Gasteiger charge is 2.45. The number of rotatable bonds is 0. The monoisotopic (exact) mass is 174 g/mol. The maximum Gasteiger partial charge on any atom is 0.585 e. The Kier molecular flexibility index (Phi) is 1.40. The summed E-state index contributed by atoms with van der Waals surface area (Å²) in [7, 11) is 0. The van der Waals surface area contributed by atoms with Crippen LogP contribution in [0.1, 0.15) is 13.3 Å². The van der Waals surface area contributed by atoms with Gasteiger partial charge in [-0.1, -0.05) is 13.0 Å². The van der Waals surface area contributed by atoms with E-state index in [1.807, 2.05) is 13.0 Å². The lowest BCUT2D eigenvalue weighted by Crippen LogP contribution is -2.16. The third kappa shape index (κ3) is 1.17. The number of alkyl halides is 2. The van der Waals surface area contributed by atoms with Gasteiger partial charge in [-0.15, -0.1) is 8.78 Å². The summed E-state index contributed by atoms with van der Waals surface area (Å²) in [6.07, 6.45) is 0.383. The van der Waals surface area contributed by atoms with Crippen molar-refractivity contribution in [3.05, 3.63) is 23.7 Å². The average Bonchev–Trinajstić information content (AvgIpc) is 2.21. The van der Waals surface area contributed by atoms with Crippen LogP contribution in [0.25, 0.3) is 0 Å². The maximum atomic E-state index is 12.5. The van der Waals surface area contributed by atoms with Crippen molar-refractivity contribution in [2.24, 2.45) is 5.92 Å². The van der Waals surface area contributed by atoms with Gasteiger partial charge in [0.15, 0.2) is 5.76 Å². The lowest BCUT2D eigenvalue weighted by Gasteiger charge is -2.10. The van der Waals surface area contributed by atoms with Crippen molar-refractivity contribution in [1.82, 2.24) is 0 Å². The summed E-state index contributed by atoms with van der Waals surface area (Å²) in [6.45, 7) is 1.93. The van der Waals surface area contributed by atoms with E-state index in [-0.39, 0.29) is 17.4 Å². The van der Waals surface area contributed by atoms with E-state index in [1.54, 1.807) is 0 Å². The highest BCUT2D eigenvalue weighted by Crippen LogP contribution is 2.39. The van der Waals surface area contributed by atoms with E-state index in [1.165, 1.54) is 6.08 Å². The van der Waals surface area contributed by atoms with E-state index in [9.17, 15) is 8.78 Å². The third-order valence-corrected chi connectivity index (χ3v) is 1.83. The van der Waals surface area contributed by atoms with Crippen LogP contribution in [0.2, 0.25) is 0 Å². The van der Waals surface area contributed by atoms with Gasteiger partial charge in [-0.05, 0) is 12.0 Å². The molecule has 0 aromatic rings. The van der Waals surface area contributed by atoms with Crippen molar-refractivity contribution >= 4 is 0 Å². The third-order valence-electron chi connectivity index (χ3n) is 1.83. The molecule has 2 nitrogen and oxygen atoms in total. The molecule has 0 spiro atoms. The van der Waals surface area contributed by atoms with Gasteiger partial charge in [0.05, 0.1) is 0 Å². The van der Waals surface area contributed by atoms with E-state index in [2.05, 4.69) is 9.47 Å². The summed E-state index contributed by atoms with van der Waals surface area (Å²) in [5.41, 5.74) is 0. The Hall–Kier alpha value is -1.06. The molecule has 1 atom stereocenters. The zero-order valence-electron chi connectivity index (χ0n) is 6.51. The van der Waals surface area contributed by atoms with Crippen LogP contribution in [-0.2, 0) is 9.47 Å². The summed E-state index contributed by atoms with van der Waals surface area (Å²) in [5, 5.41) is 0. The minimum absolute atomic E-state index is 0.165. The molecule has 2 aliphatic rings. The molecule has 1 aliphatic heterocycles. The van der Waals surface area contributed by atoms with E-state index in [0.29, 0.717) is 6.42 Å². The van der Waals surface area contributed by atoms with Crippen LogP contribution in [0.4, 0.5) is 8.78 Å². The molecule has 0 bridgehead atoms. The van der Waals surface area contributed by atoms with Crippen molar-refractivity contribution in [1.29, 1.82) is 0 Å². The zero-order valence-corrected chi connectivity index (χ0v) is 6.51. The number of hydrogen-bond acceptors (Lipinski definition) is 2. The summed E-state index contributed by atoms with van der Waals surface area (Å²) >= 11 is 0. The second kappa shape index (κ2) is 2.21. The first-order chi connectivity index (χ1) is 5.57. The van der Waals surface area contributed by atoms with E-state index < -0.39 is 6.29 Å². The minimum Gasteiger partial charge on any atom is -0.400 e. The second-order valence-electron chi connectivity index (χ2n) is 3.00. The molecule has 0 saturated heterocycles. The zero-order chi connectivity index (χ0) is 8.77. The molecule has 1 unspecified atom stereocenters. The first-order valence-corrected chi connectivity index (χ1v) is 3.74. The highest BCUT2D eigenvalue weighted by atomic mass is 19.3. The molecule has 0 N–H and O–H groups in total. The van der Waals surface area contributed by atoms with Crippen molar-refractivity contribution in [3.8, 4) is 0 Å². The van der Waals surface area contributed by atoms with Crippen LogP contribution in [0.3, 0.4) is 0 Å². The molecule has 0 radical (unpaired) electrons. The predicted molar refractivity (Wildman–Crippen MR) is 37.1 cm³/mol. The Morgan fingerprint density at radius 2 is 2.25 bits per heavy atom. The first kappa shape index (κ1) is 7.58. The molecule has 4 heteroatoms. The van der Waals surface area contributed by atoms with E-state index >= 15 is 0 Å². The normalized spacial score (nSPS) is 31.1. The van der Waals surface area contributed by atoms with Crippen LogP contribution < -0.4 is 0 Å². The highest BCUT2D eigenvalue weighted by molar-refractivity contribution is 5.24. The fraction of sp³-hybridized carbons (Fsp3) is 0.500. The SMILES string of the molecule is CC1C=CC2=C(C1)OC(F)(F)O2. The Morgan fingerprint density at radius 3 is 3.00 bits per heavy atom. The van der Waals surface area contributed by atoms with Gasteiger partial charge in [-0.25, -0.2) is 0 Å². The minimum atomic E-state index is -3.46. The van der Waals surface area contributed by atoms with Crippen molar-refractivity contribution in [3.63, 3.8) is 0 Å². The fourth-order valence-corrected chi connectivity index (χ4v) is 1.28. The van der Waals surface area contributed by atoms with E-state index in [0.717, 1.165) is 0 Å². The molecule has 0 fully saturated rings. The second-order valence-corrected chi connectivity index (χ2v) is 3.00. The summed E-state index contributed by atoms with van der Waals surface area (Å²) < 4.78 is 33.4. The molecule has 12 heavy (non-hydrogen) atoms. The lowest BCUT2D eigenvalue weighted by molar-refractivity contribution is -0.336. The molecule has 1 heterocycles. The van der Waals surface area contributed by atoms with Crippen LogP contribution in [-0.4, -0.2) is 6.29 Å². The van der Waals surface area contributed by atoms with Gasteiger partial charge < -0.3 is 9.47 Å². The molecule has 0 aromatic heterocycles. The van der Waals surface area contributed by atoms with Gasteiger partial charge in [0.25, 0.3) is 0 Å². The van der Waals surface area contributed by atoms with Gasteiger partial charge in [0, 0.05) is 6.42 Å². The Morgan fingerprint density at radius 1 is 1.50 bits per heavy atom. The van der Waals surface area contributed by atoms with Crippen LogP contribution in [0.5, 0.6) is 0 Å². The molecular weight excluding hydrogens is 166 g/mol. The molecule has 1 aliphatic carbocycles. The Balaban J connectivity index is 2.20. The van der Waals surface area contributed by atoms with Crippen molar-refractivity contribution in [2.45, 2.75) is 19.6 Å². The molecular formula is C8H8F2O2. The molecule has 0 amide bonds. The average molecular weight is 174 g/mol. The quantitative estimate of drug-likeness (QED) is 0.561. The smallest absolute Gasteiger partial charge is 0.400 e. The summed E-state index contributed by atoms with van der Waals surface area (Å²) in [6, 6.07) is 0. The fourth-order valence-electron chi connectivity index (χ4n) is 1.28. The Bertz CT molecular complexity index is 268. The van der Waals surface area contributed by atoms with Crippen LogP contribution in [0.15, 0.2) is 23.7 Å².